The highest BCUT2D eigenvalue weighted by atomic mass is 19.2. The van der Waals surface area contributed by atoms with Crippen molar-refractivity contribution in [1.82, 2.24) is 9.78 Å². The zero-order valence-corrected chi connectivity index (χ0v) is 12.0. The molecule has 0 saturated heterocycles. The maximum absolute atomic E-state index is 13.7. The SMILES string of the molecule is CCOC(=O)c1nn(Cc2ccc(F)c(F)c2F)c(N)c1C. The van der Waals surface area contributed by atoms with Gasteiger partial charge in [-0.3, -0.25) is 0 Å². The molecule has 1 aromatic carbocycles. The lowest BCUT2D eigenvalue weighted by molar-refractivity contribution is 0.0517. The molecule has 0 amide bonds. The summed E-state index contributed by atoms with van der Waals surface area (Å²) in [5.74, 6) is -4.70. The minimum absolute atomic E-state index is 0.00217. The van der Waals surface area contributed by atoms with E-state index in [0.717, 1.165) is 16.8 Å². The molecule has 1 heterocycles. The van der Waals surface area contributed by atoms with E-state index in [1.165, 1.54) is 0 Å². The molecular weight excluding hydrogens is 299 g/mol. The van der Waals surface area contributed by atoms with Gasteiger partial charge >= 0.3 is 5.97 Å². The zero-order valence-electron chi connectivity index (χ0n) is 12.0. The minimum Gasteiger partial charge on any atom is -0.461 e. The van der Waals surface area contributed by atoms with Gasteiger partial charge in [-0.2, -0.15) is 5.10 Å². The average molecular weight is 313 g/mol. The smallest absolute Gasteiger partial charge is 0.359 e. The van der Waals surface area contributed by atoms with E-state index in [1.807, 2.05) is 0 Å². The highest BCUT2D eigenvalue weighted by molar-refractivity contribution is 5.90. The van der Waals surface area contributed by atoms with Crippen LogP contribution in [0.4, 0.5) is 19.0 Å². The molecule has 0 unspecified atom stereocenters. The topological polar surface area (TPSA) is 70.1 Å². The number of benzene rings is 1. The van der Waals surface area contributed by atoms with E-state index < -0.39 is 23.4 Å². The van der Waals surface area contributed by atoms with E-state index in [-0.39, 0.29) is 30.2 Å². The number of ether oxygens (including phenoxy) is 1. The predicted molar refractivity (Wildman–Crippen MR) is 72.8 cm³/mol. The van der Waals surface area contributed by atoms with Gasteiger partial charge in [0.25, 0.3) is 0 Å². The Bertz CT molecular complexity index is 729. The molecule has 0 bridgehead atoms. The highest BCUT2D eigenvalue weighted by Gasteiger charge is 2.21. The first-order valence-electron chi connectivity index (χ1n) is 6.49. The maximum Gasteiger partial charge on any atom is 0.359 e. The molecule has 0 saturated carbocycles. The Morgan fingerprint density at radius 3 is 2.64 bits per heavy atom. The molecule has 8 heteroatoms. The summed E-state index contributed by atoms with van der Waals surface area (Å²) in [5, 5.41) is 3.95. The normalized spacial score (nSPS) is 10.8. The third kappa shape index (κ3) is 2.76. The number of anilines is 1. The Kier molecular flexibility index (Phi) is 4.39. The van der Waals surface area contributed by atoms with Crippen LogP contribution in [0.1, 0.15) is 28.5 Å². The molecule has 0 spiro atoms. The Balaban J connectivity index is 2.37. The van der Waals surface area contributed by atoms with Crippen molar-refractivity contribution in [3.05, 3.63) is 46.4 Å². The molecule has 22 heavy (non-hydrogen) atoms. The fraction of sp³-hybridized carbons (Fsp3) is 0.286. The van der Waals surface area contributed by atoms with Gasteiger partial charge in [-0.25, -0.2) is 22.6 Å². The van der Waals surface area contributed by atoms with Crippen LogP contribution in [0.15, 0.2) is 12.1 Å². The van der Waals surface area contributed by atoms with E-state index in [2.05, 4.69) is 5.10 Å². The van der Waals surface area contributed by atoms with Crippen molar-refractivity contribution in [2.45, 2.75) is 20.4 Å². The number of esters is 1. The summed E-state index contributed by atoms with van der Waals surface area (Å²) in [5.41, 5.74) is 6.05. The summed E-state index contributed by atoms with van der Waals surface area (Å²) in [6.45, 7) is 3.13. The lowest BCUT2D eigenvalue weighted by Gasteiger charge is -2.06. The van der Waals surface area contributed by atoms with Crippen molar-refractivity contribution in [2.75, 3.05) is 12.3 Å². The van der Waals surface area contributed by atoms with Crippen molar-refractivity contribution in [3.8, 4) is 0 Å². The zero-order chi connectivity index (χ0) is 16.4. The van der Waals surface area contributed by atoms with Gasteiger partial charge in [-0.05, 0) is 19.9 Å². The number of rotatable bonds is 4. The predicted octanol–water partition coefficient (Wildman–Crippen LogP) is 2.42. The average Bonchev–Trinajstić information content (AvgIpc) is 2.76. The third-order valence-electron chi connectivity index (χ3n) is 3.14. The molecule has 0 aliphatic rings. The van der Waals surface area contributed by atoms with Gasteiger partial charge in [0.15, 0.2) is 23.1 Å². The quantitative estimate of drug-likeness (QED) is 0.695. The molecule has 118 valence electrons. The summed E-state index contributed by atoms with van der Waals surface area (Å²) in [7, 11) is 0. The van der Waals surface area contributed by atoms with Gasteiger partial charge in [0.2, 0.25) is 0 Å². The van der Waals surface area contributed by atoms with Crippen LogP contribution in [-0.4, -0.2) is 22.4 Å². The Labute approximate surface area is 124 Å². The van der Waals surface area contributed by atoms with Gasteiger partial charge < -0.3 is 10.5 Å². The Morgan fingerprint density at radius 1 is 1.32 bits per heavy atom. The number of halogens is 3. The van der Waals surface area contributed by atoms with Gasteiger partial charge in [0.05, 0.1) is 13.2 Å². The Morgan fingerprint density at radius 2 is 2.00 bits per heavy atom. The van der Waals surface area contributed by atoms with Crippen molar-refractivity contribution in [1.29, 1.82) is 0 Å². The van der Waals surface area contributed by atoms with Crippen LogP contribution in [0.25, 0.3) is 0 Å². The molecule has 2 rings (SSSR count). The van der Waals surface area contributed by atoms with Crippen molar-refractivity contribution in [3.63, 3.8) is 0 Å². The van der Waals surface area contributed by atoms with Crippen LogP contribution in [0.5, 0.6) is 0 Å². The fourth-order valence-corrected chi connectivity index (χ4v) is 1.93. The van der Waals surface area contributed by atoms with Crippen LogP contribution in [0, 0.1) is 24.4 Å². The van der Waals surface area contributed by atoms with Gasteiger partial charge in [-0.15, -0.1) is 0 Å². The van der Waals surface area contributed by atoms with E-state index >= 15 is 0 Å². The molecule has 2 N–H and O–H groups in total. The first-order valence-corrected chi connectivity index (χ1v) is 6.49. The van der Waals surface area contributed by atoms with Gasteiger partial charge in [0.1, 0.15) is 5.82 Å². The molecule has 1 aromatic heterocycles. The number of carbonyl (C=O) groups excluding carboxylic acids is 1. The summed E-state index contributed by atoms with van der Waals surface area (Å²) in [6.07, 6.45) is 0. The lowest BCUT2D eigenvalue weighted by atomic mass is 10.2. The van der Waals surface area contributed by atoms with Crippen LogP contribution in [0.2, 0.25) is 0 Å². The number of nitrogens with two attached hydrogens (primary N) is 1. The number of nitrogen functional groups attached to an aromatic ring is 1. The number of aromatic nitrogens is 2. The number of hydrogen-bond acceptors (Lipinski definition) is 4. The maximum atomic E-state index is 13.7. The second kappa shape index (κ2) is 6.08. The van der Waals surface area contributed by atoms with E-state index in [1.54, 1.807) is 13.8 Å². The van der Waals surface area contributed by atoms with Crippen LogP contribution >= 0.6 is 0 Å². The van der Waals surface area contributed by atoms with Gasteiger partial charge in [0, 0.05) is 11.1 Å². The minimum atomic E-state index is -1.56. The molecule has 0 aliphatic heterocycles. The first kappa shape index (κ1) is 15.9. The molecule has 0 radical (unpaired) electrons. The molecule has 0 fully saturated rings. The molecule has 0 aliphatic carbocycles. The van der Waals surface area contributed by atoms with E-state index in [9.17, 15) is 18.0 Å². The number of hydrogen-bond donors (Lipinski definition) is 1. The van der Waals surface area contributed by atoms with Crippen molar-refractivity contribution < 1.29 is 22.7 Å². The lowest BCUT2D eigenvalue weighted by Crippen LogP contribution is -2.10. The Hall–Kier alpha value is -2.51. The second-order valence-electron chi connectivity index (χ2n) is 4.57. The number of carbonyl (C=O) groups is 1. The summed E-state index contributed by atoms with van der Waals surface area (Å²) >= 11 is 0. The summed E-state index contributed by atoms with van der Waals surface area (Å²) in [4.78, 5) is 11.7. The molecular formula is C14H14F3N3O2. The standard InChI is InChI=1S/C14H14F3N3O2/c1-3-22-14(21)12-7(2)13(18)20(19-12)6-8-4-5-9(15)11(17)10(8)16/h4-5H,3,6,18H2,1-2H3. The van der Waals surface area contributed by atoms with E-state index in [4.69, 9.17) is 10.5 Å². The van der Waals surface area contributed by atoms with Crippen molar-refractivity contribution >= 4 is 11.8 Å². The van der Waals surface area contributed by atoms with Crippen LogP contribution < -0.4 is 5.73 Å². The second-order valence-corrected chi connectivity index (χ2v) is 4.57. The highest BCUT2D eigenvalue weighted by Crippen LogP contribution is 2.21. The molecule has 0 atom stereocenters. The summed E-state index contributed by atoms with van der Waals surface area (Å²) in [6, 6.07) is 1.90. The number of nitrogens with zero attached hydrogens (tertiary/aromatic N) is 2. The van der Waals surface area contributed by atoms with Gasteiger partial charge in [-0.1, -0.05) is 6.07 Å². The molecule has 5 nitrogen and oxygen atoms in total. The fourth-order valence-electron chi connectivity index (χ4n) is 1.93. The summed E-state index contributed by atoms with van der Waals surface area (Å²) < 4.78 is 45.8. The first-order chi connectivity index (χ1) is 10.4. The third-order valence-corrected chi connectivity index (χ3v) is 3.14. The monoisotopic (exact) mass is 313 g/mol. The largest absolute Gasteiger partial charge is 0.461 e. The van der Waals surface area contributed by atoms with Crippen LogP contribution in [0.3, 0.4) is 0 Å². The van der Waals surface area contributed by atoms with Crippen molar-refractivity contribution in [2.24, 2.45) is 0 Å². The molecule has 2 aromatic rings. The van der Waals surface area contributed by atoms with E-state index in [0.29, 0.717) is 5.56 Å². The van der Waals surface area contributed by atoms with Crippen LogP contribution in [-0.2, 0) is 11.3 Å².